The zero-order valence-electron chi connectivity index (χ0n) is 18.3. The second-order valence-corrected chi connectivity index (χ2v) is 7.66. The quantitative estimate of drug-likeness (QED) is 0.444. The van der Waals surface area contributed by atoms with Crippen LogP contribution in [0, 0.1) is 17.7 Å². The molecule has 2 rings (SSSR count). The van der Waals surface area contributed by atoms with Gasteiger partial charge in [0.2, 0.25) is 0 Å². The van der Waals surface area contributed by atoms with E-state index in [2.05, 4.69) is 4.98 Å². The third-order valence-electron chi connectivity index (χ3n) is 4.76. The number of carbonyl (C=O) groups is 2. The lowest BCUT2D eigenvalue weighted by atomic mass is 10.0. The number of ether oxygens (including phenoxy) is 3. The van der Waals surface area contributed by atoms with Gasteiger partial charge in [-0.15, -0.1) is 0 Å². The molecule has 1 aromatic carbocycles. The van der Waals surface area contributed by atoms with E-state index in [1.807, 2.05) is 13.8 Å². The summed E-state index contributed by atoms with van der Waals surface area (Å²) < 4.78 is 29.8. The average Bonchev–Trinajstić information content (AvgIpc) is 2.71. The molecule has 0 aliphatic rings. The van der Waals surface area contributed by atoms with Gasteiger partial charge in [0, 0.05) is 24.8 Å². The third kappa shape index (κ3) is 6.41. The first kappa shape index (κ1) is 24.1. The third-order valence-corrected chi connectivity index (χ3v) is 4.76. The normalized spacial score (nSPS) is 13.9. The summed E-state index contributed by atoms with van der Waals surface area (Å²) >= 11 is 0. The van der Waals surface area contributed by atoms with Crippen molar-refractivity contribution in [1.82, 2.24) is 4.98 Å². The maximum absolute atomic E-state index is 13.4. The highest BCUT2D eigenvalue weighted by Gasteiger charge is 2.29. The van der Waals surface area contributed by atoms with Crippen LogP contribution in [0.15, 0.2) is 36.5 Å². The number of nitrogens with zero attached hydrogens (tertiary/aromatic N) is 1. The van der Waals surface area contributed by atoms with E-state index >= 15 is 0 Å². The predicted octanol–water partition coefficient (Wildman–Crippen LogP) is 4.18. The molecule has 1 N–H and O–H groups in total. The number of rotatable bonds is 10. The number of Topliss-reactive ketones (excluding diaryl/α,β-unsaturated/α-hetero) is 1. The second-order valence-electron chi connectivity index (χ2n) is 7.66. The summed E-state index contributed by atoms with van der Waals surface area (Å²) in [6.45, 7) is 7.05. The Labute approximate surface area is 181 Å². The van der Waals surface area contributed by atoms with Crippen LogP contribution < -0.4 is 9.47 Å². The Morgan fingerprint density at radius 3 is 2.48 bits per heavy atom. The predicted molar refractivity (Wildman–Crippen MR) is 112 cm³/mol. The molecule has 7 nitrogen and oxygen atoms in total. The van der Waals surface area contributed by atoms with Gasteiger partial charge in [0.15, 0.2) is 23.0 Å². The van der Waals surface area contributed by atoms with E-state index in [4.69, 9.17) is 14.2 Å². The number of aromatic hydroxyl groups is 1. The first-order chi connectivity index (χ1) is 14.6. The highest BCUT2D eigenvalue weighted by Crippen LogP contribution is 2.29. The van der Waals surface area contributed by atoms with E-state index in [0.717, 1.165) is 0 Å². The number of hydrogen-bond donors (Lipinski definition) is 1. The fourth-order valence-electron chi connectivity index (χ4n) is 3.10. The van der Waals surface area contributed by atoms with Crippen molar-refractivity contribution in [3.63, 3.8) is 0 Å². The van der Waals surface area contributed by atoms with Gasteiger partial charge in [-0.3, -0.25) is 9.59 Å². The lowest BCUT2D eigenvalue weighted by molar-refractivity contribution is -0.158. The van der Waals surface area contributed by atoms with Crippen LogP contribution in [0.4, 0.5) is 4.39 Å². The van der Waals surface area contributed by atoms with E-state index in [1.54, 1.807) is 19.9 Å². The van der Waals surface area contributed by atoms with Gasteiger partial charge < -0.3 is 19.3 Å². The molecule has 168 valence electrons. The lowest BCUT2D eigenvalue weighted by Gasteiger charge is -2.29. The second kappa shape index (κ2) is 10.7. The van der Waals surface area contributed by atoms with Crippen molar-refractivity contribution in [3.05, 3.63) is 48.0 Å². The van der Waals surface area contributed by atoms with Gasteiger partial charge >= 0.3 is 5.97 Å². The first-order valence-electron chi connectivity index (χ1n) is 10.0. The Bertz CT molecular complexity index is 917. The summed E-state index contributed by atoms with van der Waals surface area (Å²) in [6, 6.07) is 7.17. The molecule has 1 heterocycles. The van der Waals surface area contributed by atoms with Gasteiger partial charge in [0.25, 0.3) is 0 Å². The van der Waals surface area contributed by atoms with Gasteiger partial charge in [0.05, 0.1) is 13.0 Å². The molecule has 1 aromatic heterocycles. The molecule has 0 saturated carbocycles. The van der Waals surface area contributed by atoms with Crippen LogP contribution in [-0.2, 0) is 9.53 Å². The number of halogens is 1. The summed E-state index contributed by atoms with van der Waals surface area (Å²) in [6.07, 6.45) is -0.0149. The number of hydrogen-bond acceptors (Lipinski definition) is 7. The van der Waals surface area contributed by atoms with Crippen molar-refractivity contribution in [2.24, 2.45) is 11.8 Å². The fraction of sp³-hybridized carbons (Fsp3) is 0.435. The molecule has 3 atom stereocenters. The van der Waals surface area contributed by atoms with Gasteiger partial charge in [-0.1, -0.05) is 26.8 Å². The highest BCUT2D eigenvalue weighted by atomic mass is 19.1. The molecule has 0 aliphatic heterocycles. The van der Waals surface area contributed by atoms with Crippen LogP contribution >= 0.6 is 0 Å². The molecule has 2 aromatic rings. The SMILES string of the molecule is COc1ccnc(C(=O)C[C@@H](C)C(=O)O[C@@H](C)[C@H](Oc2cccc(F)c2)C(C)C)c1O. The van der Waals surface area contributed by atoms with Crippen molar-refractivity contribution in [2.45, 2.75) is 46.3 Å². The molecule has 0 unspecified atom stereocenters. The topological polar surface area (TPSA) is 95.0 Å². The van der Waals surface area contributed by atoms with Crippen molar-refractivity contribution >= 4 is 11.8 Å². The van der Waals surface area contributed by atoms with Crippen LogP contribution in [0.2, 0.25) is 0 Å². The van der Waals surface area contributed by atoms with E-state index in [1.165, 1.54) is 37.6 Å². The molecule has 0 fully saturated rings. The largest absolute Gasteiger partial charge is 0.503 e. The number of methoxy groups -OCH3 is 1. The summed E-state index contributed by atoms with van der Waals surface area (Å²) in [5.74, 6) is -2.23. The molecular formula is C23H28FNO6. The van der Waals surface area contributed by atoms with Crippen LogP contribution in [-0.4, -0.2) is 41.2 Å². The van der Waals surface area contributed by atoms with Crippen molar-refractivity contribution in [1.29, 1.82) is 0 Å². The molecule has 0 spiro atoms. The molecule has 0 radical (unpaired) electrons. The molecule has 0 bridgehead atoms. The molecule has 0 aliphatic carbocycles. The zero-order valence-corrected chi connectivity index (χ0v) is 18.3. The van der Waals surface area contributed by atoms with Gasteiger partial charge in [-0.2, -0.15) is 0 Å². The molecule has 0 amide bonds. The lowest BCUT2D eigenvalue weighted by Crippen LogP contribution is -2.38. The minimum Gasteiger partial charge on any atom is -0.503 e. The molecule has 31 heavy (non-hydrogen) atoms. The Hall–Kier alpha value is -3.16. The number of carbonyl (C=O) groups excluding carboxylic acids is 2. The summed E-state index contributed by atoms with van der Waals surface area (Å²) in [5, 5.41) is 10.1. The highest BCUT2D eigenvalue weighted by molar-refractivity contribution is 5.99. The zero-order chi connectivity index (χ0) is 23.1. The Morgan fingerprint density at radius 2 is 1.87 bits per heavy atom. The Morgan fingerprint density at radius 1 is 1.16 bits per heavy atom. The standard InChI is InChI=1S/C23H28FNO6/c1-13(2)22(31-17-8-6-7-16(24)12-17)15(4)30-23(28)14(3)11-18(26)20-21(27)19(29-5)9-10-25-20/h6-10,12-15,22,27H,11H2,1-5H3/t14-,15+,22-/m1/s1. The fourth-order valence-corrected chi connectivity index (χ4v) is 3.10. The summed E-state index contributed by atoms with van der Waals surface area (Å²) in [7, 11) is 1.36. The summed E-state index contributed by atoms with van der Waals surface area (Å²) in [4.78, 5) is 29.0. The molecule has 0 saturated heterocycles. The van der Waals surface area contributed by atoms with Gasteiger partial charge in [-0.05, 0) is 25.0 Å². The van der Waals surface area contributed by atoms with Crippen LogP contribution in [0.3, 0.4) is 0 Å². The maximum Gasteiger partial charge on any atom is 0.309 e. The Kier molecular flexibility index (Phi) is 8.36. The average molecular weight is 433 g/mol. The number of esters is 1. The Balaban J connectivity index is 2.02. The van der Waals surface area contributed by atoms with Crippen LogP contribution in [0.5, 0.6) is 17.2 Å². The number of benzene rings is 1. The molecular weight excluding hydrogens is 405 g/mol. The van der Waals surface area contributed by atoms with Gasteiger partial charge in [0.1, 0.15) is 23.8 Å². The molecule has 8 heteroatoms. The minimum absolute atomic E-state index is 0.0269. The summed E-state index contributed by atoms with van der Waals surface area (Å²) in [5.41, 5.74) is -0.165. The van der Waals surface area contributed by atoms with Crippen LogP contribution in [0.25, 0.3) is 0 Å². The van der Waals surface area contributed by atoms with E-state index in [-0.39, 0.29) is 29.5 Å². The minimum atomic E-state index is -0.774. The van der Waals surface area contributed by atoms with E-state index in [0.29, 0.717) is 5.75 Å². The number of aromatic nitrogens is 1. The van der Waals surface area contributed by atoms with Crippen molar-refractivity contribution in [2.75, 3.05) is 7.11 Å². The van der Waals surface area contributed by atoms with Crippen molar-refractivity contribution in [3.8, 4) is 17.2 Å². The van der Waals surface area contributed by atoms with Crippen molar-refractivity contribution < 1.29 is 33.3 Å². The van der Waals surface area contributed by atoms with Gasteiger partial charge in [-0.25, -0.2) is 9.37 Å². The monoisotopic (exact) mass is 433 g/mol. The number of pyridine rings is 1. The maximum atomic E-state index is 13.4. The van der Waals surface area contributed by atoms with E-state index in [9.17, 15) is 19.1 Å². The van der Waals surface area contributed by atoms with E-state index < -0.39 is 35.7 Å². The first-order valence-corrected chi connectivity index (χ1v) is 10.0. The number of ketones is 1. The smallest absolute Gasteiger partial charge is 0.309 e. The van der Waals surface area contributed by atoms with Crippen LogP contribution in [0.1, 0.15) is 44.6 Å².